The normalized spacial score (nSPS) is 28.9. The summed E-state index contributed by atoms with van der Waals surface area (Å²) in [5, 5.41) is 10.8. The van der Waals surface area contributed by atoms with Gasteiger partial charge in [-0.05, 0) is 73.0 Å². The summed E-state index contributed by atoms with van der Waals surface area (Å²) in [5.74, 6) is 1.92. The first-order valence-corrected chi connectivity index (χ1v) is 13.8. The summed E-state index contributed by atoms with van der Waals surface area (Å²) in [6.45, 7) is 18.5. The Bertz CT molecular complexity index is 765. The summed E-state index contributed by atoms with van der Waals surface area (Å²) < 4.78 is 18.8. The van der Waals surface area contributed by atoms with E-state index < -0.39 is 8.32 Å². The third-order valence-electron chi connectivity index (χ3n) is 7.98. The second-order valence-corrected chi connectivity index (χ2v) is 16.2. The molecule has 5 heteroatoms. The molecule has 3 rings (SSSR count). The van der Waals surface area contributed by atoms with Crippen molar-refractivity contribution < 1.29 is 19.0 Å². The average molecular weight is 421 g/mol. The van der Waals surface area contributed by atoms with Crippen LogP contribution in [0, 0.1) is 11.3 Å². The lowest BCUT2D eigenvalue weighted by Crippen LogP contribution is -2.58. The highest BCUT2D eigenvalue weighted by molar-refractivity contribution is 6.74. The molecule has 4 nitrogen and oxygen atoms in total. The predicted molar refractivity (Wildman–Crippen MR) is 120 cm³/mol. The Labute approximate surface area is 178 Å². The van der Waals surface area contributed by atoms with E-state index in [2.05, 4.69) is 66.8 Å². The second kappa shape index (κ2) is 7.28. The fourth-order valence-electron chi connectivity index (χ4n) is 4.75. The zero-order valence-electron chi connectivity index (χ0n) is 19.8. The Kier molecular flexibility index (Phi) is 5.68. The molecule has 1 heterocycles. The van der Waals surface area contributed by atoms with E-state index in [0.29, 0.717) is 6.61 Å². The Balaban J connectivity index is 1.93. The highest BCUT2D eigenvalue weighted by Crippen LogP contribution is 2.55. The Morgan fingerprint density at radius 2 is 1.86 bits per heavy atom. The van der Waals surface area contributed by atoms with Gasteiger partial charge in [0.1, 0.15) is 5.60 Å². The van der Waals surface area contributed by atoms with Gasteiger partial charge in [-0.1, -0.05) is 34.6 Å². The number of benzene rings is 1. The summed E-state index contributed by atoms with van der Waals surface area (Å²) in [6, 6.07) is 4.29. The first-order valence-electron chi connectivity index (χ1n) is 10.9. The minimum Gasteiger partial charge on any atom is -0.493 e. The van der Waals surface area contributed by atoms with Gasteiger partial charge in [0.2, 0.25) is 0 Å². The van der Waals surface area contributed by atoms with Crippen molar-refractivity contribution in [3.05, 3.63) is 23.3 Å². The molecule has 0 saturated heterocycles. The third-order valence-corrected chi connectivity index (χ3v) is 12.5. The first kappa shape index (κ1) is 22.6. The van der Waals surface area contributed by atoms with Crippen molar-refractivity contribution in [3.8, 4) is 11.5 Å². The van der Waals surface area contributed by atoms with Gasteiger partial charge in [-0.15, -0.1) is 0 Å². The van der Waals surface area contributed by atoms with Crippen LogP contribution in [0.4, 0.5) is 0 Å². The van der Waals surface area contributed by atoms with Crippen LogP contribution >= 0.6 is 0 Å². The van der Waals surface area contributed by atoms with Crippen LogP contribution in [0.3, 0.4) is 0 Å². The third kappa shape index (κ3) is 3.98. The van der Waals surface area contributed by atoms with Crippen LogP contribution in [0.25, 0.3) is 0 Å². The highest BCUT2D eigenvalue weighted by atomic mass is 28.4. The van der Waals surface area contributed by atoms with Crippen LogP contribution in [0.5, 0.6) is 11.5 Å². The molecule has 1 aliphatic carbocycles. The maximum absolute atomic E-state index is 10.6. The molecule has 1 aromatic rings. The number of hydrogen-bond donors (Lipinski definition) is 1. The lowest BCUT2D eigenvalue weighted by molar-refractivity contribution is -0.138. The van der Waals surface area contributed by atoms with Crippen molar-refractivity contribution in [1.29, 1.82) is 0 Å². The monoisotopic (exact) mass is 420 g/mol. The number of rotatable bonds is 4. The van der Waals surface area contributed by atoms with Crippen LogP contribution in [-0.2, 0) is 17.5 Å². The van der Waals surface area contributed by atoms with Crippen LogP contribution in [0.2, 0.25) is 18.1 Å². The second-order valence-electron chi connectivity index (χ2n) is 11.4. The summed E-state index contributed by atoms with van der Waals surface area (Å²) in [4.78, 5) is 0. The fraction of sp³-hybridized carbons (Fsp3) is 0.750. The number of ether oxygens (including phenoxy) is 2. The van der Waals surface area contributed by atoms with E-state index in [9.17, 15) is 5.11 Å². The SMILES string of the molecule is COc1cc(CO[Si](C)(C)C(C)(C)C)cc2c1O[C@]1(C)CC[C@@H](O)C(C)(C)[C@H]1C2. The first-order chi connectivity index (χ1) is 13.2. The number of fused-ring (bicyclic) bond motifs is 2. The molecule has 1 aromatic carbocycles. The maximum atomic E-state index is 10.6. The van der Waals surface area contributed by atoms with E-state index >= 15 is 0 Å². The zero-order chi connectivity index (χ0) is 21.8. The lowest BCUT2D eigenvalue weighted by Gasteiger charge is -2.55. The molecule has 1 N–H and O–H groups in total. The average Bonchev–Trinajstić information content (AvgIpc) is 2.61. The largest absolute Gasteiger partial charge is 0.493 e. The van der Waals surface area contributed by atoms with Crippen molar-refractivity contribution in [2.45, 2.75) is 97.2 Å². The van der Waals surface area contributed by atoms with Crippen LogP contribution in [-0.4, -0.2) is 32.2 Å². The van der Waals surface area contributed by atoms with E-state index in [1.165, 1.54) is 5.56 Å². The molecule has 29 heavy (non-hydrogen) atoms. The Morgan fingerprint density at radius 3 is 2.45 bits per heavy atom. The number of aliphatic hydroxyl groups is 1. The maximum Gasteiger partial charge on any atom is 0.192 e. The van der Waals surface area contributed by atoms with Crippen molar-refractivity contribution in [1.82, 2.24) is 0 Å². The summed E-state index contributed by atoms with van der Waals surface area (Å²) in [5.41, 5.74) is 1.84. The van der Waals surface area contributed by atoms with Crippen molar-refractivity contribution >= 4 is 8.32 Å². The van der Waals surface area contributed by atoms with Crippen LogP contribution in [0.1, 0.15) is 65.5 Å². The minimum atomic E-state index is -1.83. The van der Waals surface area contributed by atoms with Crippen molar-refractivity contribution in [2.75, 3.05) is 7.11 Å². The molecule has 2 aliphatic rings. The topological polar surface area (TPSA) is 47.9 Å². The molecule has 0 unspecified atom stereocenters. The molecule has 0 bridgehead atoms. The van der Waals surface area contributed by atoms with Gasteiger partial charge in [0.25, 0.3) is 0 Å². The number of aliphatic hydroxyl groups excluding tert-OH is 1. The van der Waals surface area contributed by atoms with E-state index in [0.717, 1.165) is 36.3 Å². The molecule has 1 saturated carbocycles. The van der Waals surface area contributed by atoms with Gasteiger partial charge in [-0.25, -0.2) is 0 Å². The van der Waals surface area contributed by atoms with E-state index in [1.54, 1.807) is 7.11 Å². The molecule has 3 atom stereocenters. The van der Waals surface area contributed by atoms with Gasteiger partial charge in [0, 0.05) is 5.92 Å². The van der Waals surface area contributed by atoms with E-state index in [-0.39, 0.29) is 28.1 Å². The van der Waals surface area contributed by atoms with Crippen molar-refractivity contribution in [3.63, 3.8) is 0 Å². The number of hydrogen-bond acceptors (Lipinski definition) is 4. The number of methoxy groups -OCH3 is 1. The molecule has 0 radical (unpaired) electrons. The quantitative estimate of drug-likeness (QED) is 0.634. The van der Waals surface area contributed by atoms with Crippen LogP contribution in [0.15, 0.2) is 12.1 Å². The summed E-state index contributed by atoms with van der Waals surface area (Å²) >= 11 is 0. The van der Waals surface area contributed by atoms with E-state index in [4.69, 9.17) is 13.9 Å². The lowest BCUT2D eigenvalue weighted by atomic mass is 9.57. The molecule has 1 fully saturated rings. The van der Waals surface area contributed by atoms with Gasteiger partial charge < -0.3 is 19.0 Å². The smallest absolute Gasteiger partial charge is 0.192 e. The molecule has 0 aromatic heterocycles. The molecular weight excluding hydrogens is 380 g/mol. The van der Waals surface area contributed by atoms with Gasteiger partial charge in [-0.2, -0.15) is 0 Å². The Morgan fingerprint density at radius 1 is 1.21 bits per heavy atom. The molecule has 0 amide bonds. The predicted octanol–water partition coefficient (Wildman–Crippen LogP) is 5.71. The summed E-state index contributed by atoms with van der Waals surface area (Å²) in [6.07, 6.45) is 2.23. The zero-order valence-corrected chi connectivity index (χ0v) is 20.8. The van der Waals surface area contributed by atoms with Crippen LogP contribution < -0.4 is 9.47 Å². The molecular formula is C24H40O4Si. The molecule has 1 aliphatic heterocycles. The standard InChI is InChI=1S/C24H40O4Si/c1-22(2,3)29(8,9)27-15-16-12-17-14-19-23(4,5)20(25)10-11-24(19,6)28-21(17)18(13-16)26-7/h12-13,19-20,25H,10-11,14-15H2,1-9H3/t19-,20-,24-/m1/s1. The Hall–Kier alpha value is -1.04. The van der Waals surface area contributed by atoms with Crippen molar-refractivity contribution in [2.24, 2.45) is 11.3 Å². The minimum absolute atomic E-state index is 0.179. The van der Waals surface area contributed by atoms with Gasteiger partial charge >= 0.3 is 0 Å². The molecule has 164 valence electrons. The summed E-state index contributed by atoms with van der Waals surface area (Å²) in [7, 11) is -0.119. The highest BCUT2D eigenvalue weighted by Gasteiger charge is 2.54. The fourth-order valence-corrected chi connectivity index (χ4v) is 5.71. The van der Waals surface area contributed by atoms with Gasteiger partial charge in [0.15, 0.2) is 19.8 Å². The van der Waals surface area contributed by atoms with Gasteiger partial charge in [-0.3, -0.25) is 0 Å². The van der Waals surface area contributed by atoms with Gasteiger partial charge in [0.05, 0.1) is 19.8 Å². The van der Waals surface area contributed by atoms with E-state index in [1.807, 2.05) is 0 Å². The molecule has 0 spiro atoms.